The average molecular weight is 405 g/mol. The largest absolute Gasteiger partial charge is 0.273 e. The van der Waals surface area contributed by atoms with Crippen molar-refractivity contribution >= 4 is 22.7 Å². The quantitative estimate of drug-likeness (QED) is 0.339. The van der Waals surface area contributed by atoms with Crippen molar-refractivity contribution in [2.75, 3.05) is 7.05 Å². The lowest BCUT2D eigenvalue weighted by atomic mass is 10.0. The van der Waals surface area contributed by atoms with Crippen molar-refractivity contribution in [3.63, 3.8) is 0 Å². The fourth-order valence-corrected chi connectivity index (χ4v) is 4.09. The molecule has 0 radical (unpaired) electrons. The van der Waals surface area contributed by atoms with Gasteiger partial charge in [0.05, 0.1) is 0 Å². The Morgan fingerprint density at radius 2 is 1.86 bits per heavy atom. The van der Waals surface area contributed by atoms with Crippen LogP contribution < -0.4 is 0 Å². The van der Waals surface area contributed by atoms with E-state index < -0.39 is 11.6 Å². The molecule has 6 heteroatoms. The summed E-state index contributed by atoms with van der Waals surface area (Å²) in [5, 5.41) is 5.85. The van der Waals surface area contributed by atoms with E-state index in [-0.39, 0.29) is 27.7 Å². The van der Waals surface area contributed by atoms with Gasteiger partial charge in [0.25, 0.3) is 0 Å². The highest BCUT2D eigenvalue weighted by Crippen LogP contribution is 2.37. The number of rotatable bonds is 6. The normalized spacial score (nSPS) is 12.9. The molecule has 150 valence electrons. The minimum atomic E-state index is -0.572. The fourth-order valence-electron chi connectivity index (χ4n) is 2.81. The summed E-state index contributed by atoms with van der Waals surface area (Å²) in [7, 11) is 1.54. The highest BCUT2D eigenvalue weighted by Gasteiger charge is 2.22. The zero-order valence-electron chi connectivity index (χ0n) is 16.9. The molecule has 1 unspecified atom stereocenters. The highest BCUT2D eigenvalue weighted by molar-refractivity contribution is 8.14. The van der Waals surface area contributed by atoms with Crippen LogP contribution in [0, 0.1) is 24.5 Å². The monoisotopic (exact) mass is 404 g/mol. The second-order valence-electron chi connectivity index (χ2n) is 6.92. The van der Waals surface area contributed by atoms with Gasteiger partial charge in [-0.25, -0.2) is 13.8 Å². The molecule has 0 aromatic heterocycles. The molecule has 0 heterocycles. The van der Waals surface area contributed by atoms with E-state index in [4.69, 9.17) is 0 Å². The van der Waals surface area contributed by atoms with Crippen LogP contribution in [0.2, 0.25) is 0 Å². The maximum absolute atomic E-state index is 14.5. The summed E-state index contributed by atoms with van der Waals surface area (Å²) in [6.07, 6.45) is 0.771. The van der Waals surface area contributed by atoms with Crippen LogP contribution >= 0.6 is 11.8 Å². The first-order valence-electron chi connectivity index (χ1n) is 9.28. The molecule has 28 heavy (non-hydrogen) atoms. The van der Waals surface area contributed by atoms with Gasteiger partial charge in [-0.05, 0) is 42.7 Å². The number of hydrogen-bond acceptors (Lipinski definition) is 3. The van der Waals surface area contributed by atoms with Gasteiger partial charge in [-0.15, -0.1) is 0 Å². The molecule has 0 bridgehead atoms. The van der Waals surface area contributed by atoms with Crippen LogP contribution in [0.4, 0.5) is 8.78 Å². The van der Waals surface area contributed by atoms with Crippen molar-refractivity contribution in [2.45, 2.75) is 39.4 Å². The maximum atomic E-state index is 14.5. The fraction of sp³-hybridized carbons (Fsp3) is 0.364. The van der Waals surface area contributed by atoms with Crippen LogP contribution in [0.3, 0.4) is 0 Å². The number of nitrogens with zero attached hydrogens (tertiary/aromatic N) is 2. The molecule has 0 aliphatic heterocycles. The molecule has 0 N–H and O–H groups in total. The SMILES string of the molecule is CCC(S/C(=N\N(C)C(=O)C(C)C)c1cc(F)ccc1F)c1ccccc1C. The predicted molar refractivity (Wildman–Crippen MR) is 112 cm³/mol. The Kier molecular flexibility index (Phi) is 7.75. The van der Waals surface area contributed by atoms with Crippen LogP contribution in [0.5, 0.6) is 0 Å². The minimum absolute atomic E-state index is 0.00910. The van der Waals surface area contributed by atoms with Crippen LogP contribution in [-0.2, 0) is 4.79 Å². The number of carbonyl (C=O) groups excluding carboxylic acids is 1. The van der Waals surface area contributed by atoms with Crippen molar-refractivity contribution in [2.24, 2.45) is 11.0 Å². The number of thioether (sulfide) groups is 1. The smallest absolute Gasteiger partial charge is 0.244 e. The van der Waals surface area contributed by atoms with Crippen molar-refractivity contribution < 1.29 is 13.6 Å². The Bertz CT molecular complexity index is 867. The third kappa shape index (κ3) is 5.41. The number of benzene rings is 2. The first-order valence-corrected chi connectivity index (χ1v) is 10.2. The van der Waals surface area contributed by atoms with Crippen LogP contribution in [0.15, 0.2) is 47.6 Å². The zero-order valence-corrected chi connectivity index (χ0v) is 17.7. The maximum Gasteiger partial charge on any atom is 0.244 e. The number of aryl methyl sites for hydroxylation is 1. The Labute approximate surface area is 169 Å². The summed E-state index contributed by atoms with van der Waals surface area (Å²) in [5.41, 5.74) is 2.28. The number of hydrazone groups is 1. The summed E-state index contributed by atoms with van der Waals surface area (Å²) in [5.74, 6) is -1.57. The molecule has 0 spiro atoms. The topological polar surface area (TPSA) is 32.7 Å². The standard InChI is InChI=1S/C22H26F2N2OS/c1-6-20(17-10-8-7-9-15(17)4)28-21(25-26(5)22(27)14(2)3)18-13-16(23)11-12-19(18)24/h7-14,20H,6H2,1-5H3/b25-21-. The third-order valence-corrected chi connectivity index (χ3v) is 5.77. The number of amides is 1. The van der Waals surface area contributed by atoms with Crippen molar-refractivity contribution in [1.82, 2.24) is 5.01 Å². The molecule has 2 rings (SSSR count). The van der Waals surface area contributed by atoms with Gasteiger partial charge in [-0.3, -0.25) is 4.79 Å². The molecule has 0 fully saturated rings. The highest BCUT2D eigenvalue weighted by atomic mass is 32.2. The van der Waals surface area contributed by atoms with Gasteiger partial charge in [-0.1, -0.05) is 56.8 Å². The Hall–Kier alpha value is -2.21. The lowest BCUT2D eigenvalue weighted by Crippen LogP contribution is -2.27. The molecular formula is C22H26F2N2OS. The first-order chi connectivity index (χ1) is 13.2. The molecule has 0 saturated carbocycles. The molecule has 3 nitrogen and oxygen atoms in total. The van der Waals surface area contributed by atoms with Crippen molar-refractivity contribution in [1.29, 1.82) is 0 Å². The van der Waals surface area contributed by atoms with E-state index in [9.17, 15) is 13.6 Å². The molecule has 0 saturated heterocycles. The molecule has 1 amide bonds. The second-order valence-corrected chi connectivity index (χ2v) is 8.11. The summed E-state index contributed by atoms with van der Waals surface area (Å²) >= 11 is 1.34. The average Bonchev–Trinajstić information content (AvgIpc) is 2.66. The first kappa shape index (κ1) is 22.1. The van der Waals surface area contributed by atoms with Crippen LogP contribution in [0.1, 0.15) is 49.1 Å². The molecule has 0 aliphatic carbocycles. The summed E-state index contributed by atoms with van der Waals surface area (Å²) in [4.78, 5) is 12.3. The van der Waals surface area contributed by atoms with Gasteiger partial charge in [0.15, 0.2) is 0 Å². The van der Waals surface area contributed by atoms with E-state index in [2.05, 4.69) is 5.10 Å². The zero-order chi connectivity index (χ0) is 20.8. The number of halogens is 2. The Morgan fingerprint density at radius 3 is 2.46 bits per heavy atom. The van der Waals surface area contributed by atoms with E-state index >= 15 is 0 Å². The lowest BCUT2D eigenvalue weighted by molar-refractivity contribution is -0.133. The molecule has 2 aromatic rings. The van der Waals surface area contributed by atoms with Gasteiger partial charge >= 0.3 is 0 Å². The van der Waals surface area contributed by atoms with E-state index in [1.165, 1.54) is 23.8 Å². The van der Waals surface area contributed by atoms with Crippen LogP contribution in [-0.4, -0.2) is 23.0 Å². The summed E-state index contributed by atoms with van der Waals surface area (Å²) in [6.45, 7) is 7.59. The van der Waals surface area contributed by atoms with E-state index in [0.29, 0.717) is 0 Å². The Morgan fingerprint density at radius 1 is 1.18 bits per heavy atom. The minimum Gasteiger partial charge on any atom is -0.273 e. The van der Waals surface area contributed by atoms with E-state index in [1.54, 1.807) is 13.8 Å². The van der Waals surface area contributed by atoms with Crippen molar-refractivity contribution in [3.05, 3.63) is 70.8 Å². The molecular weight excluding hydrogens is 378 g/mol. The second kappa shape index (κ2) is 9.82. The third-order valence-electron chi connectivity index (χ3n) is 4.37. The molecule has 1 atom stereocenters. The number of hydrogen-bond donors (Lipinski definition) is 0. The van der Waals surface area contributed by atoms with E-state index in [1.807, 2.05) is 38.1 Å². The summed E-state index contributed by atoms with van der Waals surface area (Å²) in [6, 6.07) is 11.2. The van der Waals surface area contributed by atoms with Crippen LogP contribution in [0.25, 0.3) is 0 Å². The number of carbonyl (C=O) groups is 1. The predicted octanol–water partition coefficient (Wildman–Crippen LogP) is 5.93. The summed E-state index contributed by atoms with van der Waals surface area (Å²) < 4.78 is 28.3. The Balaban J connectivity index is 2.50. The molecule has 0 aliphatic rings. The van der Waals surface area contributed by atoms with Gasteiger partial charge < -0.3 is 0 Å². The van der Waals surface area contributed by atoms with Gasteiger partial charge in [-0.2, -0.15) is 5.10 Å². The van der Waals surface area contributed by atoms with Gasteiger partial charge in [0, 0.05) is 23.8 Å². The van der Waals surface area contributed by atoms with E-state index in [0.717, 1.165) is 35.7 Å². The van der Waals surface area contributed by atoms with Crippen molar-refractivity contribution in [3.8, 4) is 0 Å². The molecule has 2 aromatic carbocycles. The van der Waals surface area contributed by atoms with Gasteiger partial charge in [0.2, 0.25) is 5.91 Å². The lowest BCUT2D eigenvalue weighted by Gasteiger charge is -2.21. The van der Waals surface area contributed by atoms with Gasteiger partial charge in [0.1, 0.15) is 16.7 Å².